The van der Waals surface area contributed by atoms with Gasteiger partial charge >= 0.3 is 5.97 Å². The van der Waals surface area contributed by atoms with Crippen LogP contribution in [-0.2, 0) is 19.2 Å². The van der Waals surface area contributed by atoms with E-state index in [0.29, 0.717) is 17.1 Å². The van der Waals surface area contributed by atoms with Crippen molar-refractivity contribution in [2.45, 2.75) is 29.4 Å². The second kappa shape index (κ2) is 9.45. The minimum atomic E-state index is -1.03. The third-order valence-electron chi connectivity index (χ3n) is 4.42. The fraction of sp³-hybridized carbons (Fsp3) is 0.238. The summed E-state index contributed by atoms with van der Waals surface area (Å²) in [5, 5.41) is 10.7. The number of nitrogens with zero attached hydrogens (tertiary/aromatic N) is 1. The molecule has 0 aliphatic carbocycles. The largest absolute Gasteiger partial charge is 0.497 e. The summed E-state index contributed by atoms with van der Waals surface area (Å²) in [4.78, 5) is 49.3. The molecule has 0 unspecified atom stereocenters. The molecule has 1 atom stereocenters. The van der Waals surface area contributed by atoms with Crippen LogP contribution >= 0.6 is 11.8 Å². The van der Waals surface area contributed by atoms with Gasteiger partial charge in [-0.3, -0.25) is 19.2 Å². The van der Waals surface area contributed by atoms with E-state index < -0.39 is 11.2 Å². The zero-order valence-electron chi connectivity index (χ0n) is 16.2. The molecule has 0 spiro atoms. The summed E-state index contributed by atoms with van der Waals surface area (Å²) < 4.78 is 5.10. The number of carboxylic acid groups (broad SMARTS) is 1. The van der Waals surface area contributed by atoms with Crippen LogP contribution < -0.4 is 15.0 Å². The van der Waals surface area contributed by atoms with E-state index in [1.54, 1.807) is 55.6 Å². The smallest absolute Gasteiger partial charge is 0.303 e. The number of hydrogen-bond donors (Lipinski definition) is 2. The second-order valence-corrected chi connectivity index (χ2v) is 7.82. The van der Waals surface area contributed by atoms with Crippen molar-refractivity contribution >= 4 is 46.8 Å². The Morgan fingerprint density at radius 3 is 2.37 bits per heavy atom. The van der Waals surface area contributed by atoms with E-state index in [9.17, 15) is 19.2 Å². The van der Waals surface area contributed by atoms with Gasteiger partial charge in [-0.05, 0) is 48.5 Å². The standard InChI is InChI=1S/C21H20N2O6S/c1-29-15-6-4-14(5-7-15)23-19(25)12-17(21(23)28)30-16-8-2-13(3-9-16)22-18(24)10-11-20(26)27/h2-9,17H,10-12H2,1H3,(H,22,24)(H,26,27)/t17-/m0/s1. The number of nitrogens with one attached hydrogen (secondary N) is 1. The number of benzene rings is 2. The highest BCUT2D eigenvalue weighted by Crippen LogP contribution is 2.34. The SMILES string of the molecule is COc1ccc(N2C(=O)C[C@H](Sc3ccc(NC(=O)CCC(=O)O)cc3)C2=O)cc1. The van der Waals surface area contributed by atoms with Gasteiger partial charge in [0.15, 0.2) is 0 Å². The Morgan fingerprint density at radius 1 is 1.10 bits per heavy atom. The summed E-state index contributed by atoms with van der Waals surface area (Å²) in [6.07, 6.45) is -0.239. The van der Waals surface area contributed by atoms with Gasteiger partial charge < -0.3 is 15.2 Å². The summed E-state index contributed by atoms with van der Waals surface area (Å²) in [5.74, 6) is -1.31. The van der Waals surface area contributed by atoms with Crippen LogP contribution in [0.15, 0.2) is 53.4 Å². The Bertz CT molecular complexity index is 958. The Kier molecular flexibility index (Phi) is 6.73. The predicted octanol–water partition coefficient (Wildman–Crippen LogP) is 2.92. The zero-order chi connectivity index (χ0) is 21.7. The van der Waals surface area contributed by atoms with Gasteiger partial charge in [-0.2, -0.15) is 0 Å². The van der Waals surface area contributed by atoms with E-state index in [-0.39, 0.29) is 37.0 Å². The average molecular weight is 428 g/mol. The van der Waals surface area contributed by atoms with Crippen molar-refractivity contribution in [1.82, 2.24) is 0 Å². The summed E-state index contributed by atoms with van der Waals surface area (Å²) >= 11 is 1.28. The Morgan fingerprint density at radius 2 is 1.77 bits per heavy atom. The number of imide groups is 1. The topological polar surface area (TPSA) is 113 Å². The van der Waals surface area contributed by atoms with Gasteiger partial charge in [-0.25, -0.2) is 4.90 Å². The molecule has 156 valence electrons. The molecule has 1 saturated heterocycles. The van der Waals surface area contributed by atoms with Gasteiger partial charge in [-0.15, -0.1) is 11.8 Å². The first-order valence-corrected chi connectivity index (χ1v) is 10.0. The van der Waals surface area contributed by atoms with Crippen molar-refractivity contribution in [3.63, 3.8) is 0 Å². The highest BCUT2D eigenvalue weighted by molar-refractivity contribution is 8.00. The Hall–Kier alpha value is -3.33. The third-order valence-corrected chi connectivity index (χ3v) is 5.62. The third kappa shape index (κ3) is 5.18. The molecule has 0 bridgehead atoms. The number of methoxy groups -OCH3 is 1. The molecule has 0 aromatic heterocycles. The normalized spacial score (nSPS) is 15.9. The van der Waals surface area contributed by atoms with Gasteiger partial charge in [0, 0.05) is 23.4 Å². The monoisotopic (exact) mass is 428 g/mol. The lowest BCUT2D eigenvalue weighted by atomic mass is 10.2. The molecule has 1 aliphatic heterocycles. The summed E-state index contributed by atoms with van der Waals surface area (Å²) in [6, 6.07) is 13.6. The highest BCUT2D eigenvalue weighted by atomic mass is 32.2. The fourth-order valence-corrected chi connectivity index (χ4v) is 3.98. The first kappa shape index (κ1) is 21.4. The number of thioether (sulfide) groups is 1. The second-order valence-electron chi connectivity index (χ2n) is 6.54. The Labute approximate surface area is 177 Å². The van der Waals surface area contributed by atoms with Crippen LogP contribution in [0.3, 0.4) is 0 Å². The lowest BCUT2D eigenvalue weighted by Gasteiger charge is -2.15. The summed E-state index contributed by atoms with van der Waals surface area (Å²) in [6.45, 7) is 0. The average Bonchev–Trinajstić information content (AvgIpc) is 3.01. The van der Waals surface area contributed by atoms with Gasteiger partial charge in [0.25, 0.3) is 0 Å². The quantitative estimate of drug-likeness (QED) is 0.622. The number of ether oxygens (including phenoxy) is 1. The number of hydrogen-bond acceptors (Lipinski definition) is 6. The lowest BCUT2D eigenvalue weighted by Crippen LogP contribution is -2.31. The van der Waals surface area contributed by atoms with Crippen molar-refractivity contribution in [1.29, 1.82) is 0 Å². The number of rotatable bonds is 8. The van der Waals surface area contributed by atoms with Crippen LogP contribution in [0.4, 0.5) is 11.4 Å². The minimum Gasteiger partial charge on any atom is -0.497 e. The maximum atomic E-state index is 12.8. The van der Waals surface area contributed by atoms with Gasteiger partial charge in [0.1, 0.15) is 5.75 Å². The number of carboxylic acids is 1. The van der Waals surface area contributed by atoms with Crippen molar-refractivity contribution in [2.24, 2.45) is 0 Å². The van der Waals surface area contributed by atoms with Crippen molar-refractivity contribution in [3.8, 4) is 5.75 Å². The minimum absolute atomic E-state index is 0.100. The molecule has 0 saturated carbocycles. The molecule has 1 aliphatic rings. The number of amides is 3. The first-order chi connectivity index (χ1) is 14.4. The van der Waals surface area contributed by atoms with Crippen LogP contribution in [0.1, 0.15) is 19.3 Å². The van der Waals surface area contributed by atoms with E-state index in [0.717, 1.165) is 4.90 Å². The number of anilines is 2. The van der Waals surface area contributed by atoms with Crippen molar-refractivity contribution in [2.75, 3.05) is 17.3 Å². The van der Waals surface area contributed by atoms with Crippen molar-refractivity contribution < 1.29 is 29.0 Å². The molecule has 0 radical (unpaired) electrons. The van der Waals surface area contributed by atoms with Gasteiger partial charge in [0.05, 0.1) is 24.5 Å². The van der Waals surface area contributed by atoms with E-state index in [1.165, 1.54) is 16.7 Å². The van der Waals surface area contributed by atoms with Crippen LogP contribution in [0.5, 0.6) is 5.75 Å². The summed E-state index contributed by atoms with van der Waals surface area (Å²) in [5.41, 5.74) is 1.04. The highest BCUT2D eigenvalue weighted by Gasteiger charge is 2.40. The van der Waals surface area contributed by atoms with E-state index in [2.05, 4.69) is 5.32 Å². The maximum absolute atomic E-state index is 12.8. The molecular weight excluding hydrogens is 408 g/mol. The molecule has 30 heavy (non-hydrogen) atoms. The summed E-state index contributed by atoms with van der Waals surface area (Å²) in [7, 11) is 1.54. The van der Waals surface area contributed by atoms with Gasteiger partial charge in [-0.1, -0.05) is 0 Å². The molecule has 1 fully saturated rings. The first-order valence-electron chi connectivity index (χ1n) is 9.16. The van der Waals surface area contributed by atoms with E-state index in [1.807, 2.05) is 0 Å². The number of aliphatic carboxylic acids is 1. The zero-order valence-corrected chi connectivity index (χ0v) is 17.0. The van der Waals surface area contributed by atoms with Crippen LogP contribution in [0, 0.1) is 0 Å². The Balaban J connectivity index is 1.61. The van der Waals surface area contributed by atoms with E-state index >= 15 is 0 Å². The van der Waals surface area contributed by atoms with Crippen LogP contribution in [0.2, 0.25) is 0 Å². The molecule has 8 nitrogen and oxygen atoms in total. The lowest BCUT2D eigenvalue weighted by molar-refractivity contribution is -0.138. The van der Waals surface area contributed by atoms with Crippen LogP contribution in [-0.4, -0.2) is 41.2 Å². The molecule has 3 rings (SSSR count). The van der Waals surface area contributed by atoms with Crippen LogP contribution in [0.25, 0.3) is 0 Å². The predicted molar refractivity (Wildman–Crippen MR) is 112 cm³/mol. The maximum Gasteiger partial charge on any atom is 0.303 e. The number of carbonyl (C=O) groups excluding carboxylic acids is 3. The molecule has 2 aromatic rings. The molecular formula is C21H20N2O6S. The van der Waals surface area contributed by atoms with E-state index in [4.69, 9.17) is 9.84 Å². The molecule has 2 aromatic carbocycles. The molecule has 1 heterocycles. The molecule has 9 heteroatoms. The van der Waals surface area contributed by atoms with Crippen molar-refractivity contribution in [3.05, 3.63) is 48.5 Å². The fourth-order valence-electron chi connectivity index (χ4n) is 2.92. The number of carbonyl (C=O) groups is 4. The molecule has 3 amide bonds. The van der Waals surface area contributed by atoms with Gasteiger partial charge in [0.2, 0.25) is 17.7 Å². The molecule has 2 N–H and O–H groups in total.